The summed E-state index contributed by atoms with van der Waals surface area (Å²) in [5.74, 6) is -2.71. The fourth-order valence-electron chi connectivity index (χ4n) is 4.57. The number of halogens is 1. The van der Waals surface area contributed by atoms with E-state index in [4.69, 9.17) is 33.2 Å². The van der Waals surface area contributed by atoms with Gasteiger partial charge in [-0.05, 0) is 81.4 Å². The molecule has 0 unspecified atom stereocenters. The van der Waals surface area contributed by atoms with Gasteiger partial charge in [0.05, 0.1) is 38.4 Å². The summed E-state index contributed by atoms with van der Waals surface area (Å²) >= 11 is 1.92. The van der Waals surface area contributed by atoms with Crippen molar-refractivity contribution < 1.29 is 62.5 Å². The zero-order chi connectivity index (χ0) is 36.4. The van der Waals surface area contributed by atoms with Gasteiger partial charge in [0.1, 0.15) is 12.2 Å². The highest BCUT2D eigenvalue weighted by atomic mass is 127. The molecule has 2 N–H and O–H groups in total. The Bertz CT molecular complexity index is 1280. The maximum absolute atomic E-state index is 13.2. The Morgan fingerprint density at radius 1 is 0.708 bits per heavy atom. The second-order valence-electron chi connectivity index (χ2n) is 15.1. The quantitative estimate of drug-likeness (QED) is 0.169. The van der Waals surface area contributed by atoms with Crippen LogP contribution in [0.4, 0.5) is 0 Å². The number of hydrogen-bond acceptors (Lipinski definition) is 13. The summed E-state index contributed by atoms with van der Waals surface area (Å²) in [6.45, 7) is 15.8. The lowest BCUT2D eigenvalue weighted by Crippen LogP contribution is -2.64. The van der Waals surface area contributed by atoms with Crippen molar-refractivity contribution in [2.24, 2.45) is 16.2 Å². The molecule has 0 radical (unpaired) electrons. The van der Waals surface area contributed by atoms with Crippen LogP contribution in [0, 0.1) is 16.2 Å². The minimum absolute atomic E-state index is 0.317. The molecular weight excluding hydrogens is 743 g/mol. The smallest absolute Gasteiger partial charge is 0.338 e. The lowest BCUT2D eigenvalue weighted by atomic mass is 9.93. The fourth-order valence-corrected chi connectivity index (χ4v) is 5.35. The molecule has 1 aromatic carbocycles. The van der Waals surface area contributed by atoms with E-state index in [1.54, 1.807) is 99.6 Å². The summed E-state index contributed by atoms with van der Waals surface area (Å²) in [5, 5.41) is 22.3. The SMILES string of the molecule is C[C@@H]1O[C@@H](OC[C@H]2O[C@@H](O)[C@@H](OC(=O)C(C)(C)C)[C@@H](OC(=O)C(C)(C)C)[C@@H]2OC(=O)C(C)(C)C)[C@H](I)[C@H](O)[C@H]1OC(=O)c1ccccc1. The monoisotopic (exact) mass is 792 g/mol. The fraction of sp³-hybridized carbons (Fsp3) is 0.706. The van der Waals surface area contributed by atoms with E-state index in [0.717, 1.165) is 0 Å². The number of benzene rings is 1. The first-order valence-electron chi connectivity index (χ1n) is 15.8. The van der Waals surface area contributed by atoms with Crippen LogP contribution >= 0.6 is 22.6 Å². The molecule has 48 heavy (non-hydrogen) atoms. The van der Waals surface area contributed by atoms with Crippen LogP contribution in [-0.2, 0) is 47.5 Å². The Hall–Kier alpha value is -2.37. The normalized spacial score (nSPS) is 31.4. The predicted molar refractivity (Wildman–Crippen MR) is 179 cm³/mol. The molecule has 10 atom stereocenters. The van der Waals surface area contributed by atoms with Gasteiger partial charge in [0, 0.05) is 0 Å². The molecule has 0 amide bonds. The van der Waals surface area contributed by atoms with Crippen LogP contribution < -0.4 is 0 Å². The summed E-state index contributed by atoms with van der Waals surface area (Å²) < 4.78 is 40.1. The first kappa shape index (κ1) is 40.1. The van der Waals surface area contributed by atoms with Crippen molar-refractivity contribution in [3.8, 4) is 0 Å². The molecule has 270 valence electrons. The zero-order valence-electron chi connectivity index (χ0n) is 29.1. The Morgan fingerprint density at radius 2 is 1.19 bits per heavy atom. The third-order valence-corrected chi connectivity index (χ3v) is 8.91. The number of rotatable bonds is 8. The van der Waals surface area contributed by atoms with E-state index in [9.17, 15) is 29.4 Å². The second-order valence-corrected chi connectivity index (χ2v) is 16.6. The van der Waals surface area contributed by atoms with Gasteiger partial charge in [0.15, 0.2) is 37.0 Å². The first-order chi connectivity index (χ1) is 22.0. The second kappa shape index (κ2) is 15.7. The molecule has 0 saturated carbocycles. The minimum atomic E-state index is -1.80. The van der Waals surface area contributed by atoms with E-state index in [0.29, 0.717) is 5.56 Å². The van der Waals surface area contributed by atoms with E-state index >= 15 is 0 Å². The number of carbonyl (C=O) groups is 4. The van der Waals surface area contributed by atoms with Gasteiger partial charge >= 0.3 is 23.9 Å². The molecule has 14 heteroatoms. The highest BCUT2D eigenvalue weighted by Gasteiger charge is 2.54. The molecule has 3 rings (SSSR count). The van der Waals surface area contributed by atoms with E-state index in [1.165, 1.54) is 0 Å². The van der Waals surface area contributed by atoms with Gasteiger partial charge in [-0.3, -0.25) is 14.4 Å². The van der Waals surface area contributed by atoms with Crippen LogP contribution in [0.2, 0.25) is 0 Å². The molecule has 13 nitrogen and oxygen atoms in total. The summed E-state index contributed by atoms with van der Waals surface area (Å²) in [4.78, 5) is 52.0. The largest absolute Gasteiger partial charge is 0.455 e. The van der Waals surface area contributed by atoms with Gasteiger partial charge in [0.2, 0.25) is 0 Å². The van der Waals surface area contributed by atoms with Gasteiger partial charge in [-0.2, -0.15) is 0 Å². The predicted octanol–water partition coefficient (Wildman–Crippen LogP) is 3.73. The molecule has 2 aliphatic rings. The molecule has 2 fully saturated rings. The highest BCUT2D eigenvalue weighted by Crippen LogP contribution is 2.35. The van der Waals surface area contributed by atoms with Crippen molar-refractivity contribution in [2.45, 2.75) is 128 Å². The molecule has 2 heterocycles. The van der Waals surface area contributed by atoms with Gasteiger partial charge in [0.25, 0.3) is 0 Å². The van der Waals surface area contributed by atoms with Crippen molar-refractivity contribution in [2.75, 3.05) is 6.61 Å². The molecule has 2 saturated heterocycles. The van der Waals surface area contributed by atoms with Crippen molar-refractivity contribution >= 4 is 46.5 Å². The lowest BCUT2D eigenvalue weighted by molar-refractivity contribution is -0.312. The molecule has 0 aromatic heterocycles. The summed E-state index contributed by atoms with van der Waals surface area (Å²) in [6.07, 6.45) is -11.5. The van der Waals surface area contributed by atoms with Crippen molar-refractivity contribution in [3.05, 3.63) is 35.9 Å². The number of aliphatic hydroxyl groups is 2. The number of aliphatic hydroxyl groups excluding tert-OH is 2. The minimum Gasteiger partial charge on any atom is -0.455 e. The highest BCUT2D eigenvalue weighted by molar-refractivity contribution is 14.1. The van der Waals surface area contributed by atoms with Crippen molar-refractivity contribution in [1.29, 1.82) is 0 Å². The van der Waals surface area contributed by atoms with Gasteiger partial charge in [-0.15, -0.1) is 0 Å². The Kier molecular flexibility index (Phi) is 13.1. The topological polar surface area (TPSA) is 173 Å². The molecule has 0 spiro atoms. The standard InChI is InChI=1S/C34H49IO13/c1-17-22(45-26(37)18-14-12-11-13-15-18)21(36)20(35)28(43-17)42-16-19-23(46-29(39)32(2,3)4)24(47-30(40)33(5,6)7)25(27(38)44-19)48-31(41)34(8,9)10/h11-15,17,19-25,27-28,36,38H,16H2,1-10H3/t17-,19+,20+,21-,22-,23+,24-,25-,27+,28+/m0/s1. The third kappa shape index (κ3) is 10.1. The van der Waals surface area contributed by atoms with Gasteiger partial charge in [-0.1, -0.05) is 40.8 Å². The van der Waals surface area contributed by atoms with E-state index in [1.807, 2.05) is 22.6 Å². The lowest BCUT2D eigenvalue weighted by Gasteiger charge is -2.45. The van der Waals surface area contributed by atoms with Crippen LogP contribution in [0.3, 0.4) is 0 Å². The van der Waals surface area contributed by atoms with Crippen LogP contribution in [0.5, 0.6) is 0 Å². The summed E-state index contributed by atoms with van der Waals surface area (Å²) in [5.41, 5.74) is -2.68. The number of carbonyl (C=O) groups excluding carboxylic acids is 4. The average Bonchev–Trinajstić information content (AvgIpc) is 2.98. The van der Waals surface area contributed by atoms with E-state index in [-0.39, 0.29) is 6.61 Å². The zero-order valence-corrected chi connectivity index (χ0v) is 31.3. The Balaban J connectivity index is 1.87. The van der Waals surface area contributed by atoms with Gasteiger partial charge in [-0.25, -0.2) is 4.79 Å². The van der Waals surface area contributed by atoms with Crippen molar-refractivity contribution in [3.63, 3.8) is 0 Å². The van der Waals surface area contributed by atoms with Crippen molar-refractivity contribution in [1.82, 2.24) is 0 Å². The summed E-state index contributed by atoms with van der Waals surface area (Å²) in [7, 11) is 0. The molecule has 1 aromatic rings. The maximum Gasteiger partial charge on any atom is 0.338 e. The third-order valence-electron chi connectivity index (χ3n) is 7.59. The maximum atomic E-state index is 13.2. The molecular formula is C34H49IO13. The Labute approximate surface area is 295 Å². The molecule has 0 aliphatic carbocycles. The van der Waals surface area contributed by atoms with Crippen LogP contribution in [0.1, 0.15) is 79.6 Å². The Morgan fingerprint density at radius 3 is 1.69 bits per heavy atom. The van der Waals surface area contributed by atoms with E-state index in [2.05, 4.69) is 0 Å². The average molecular weight is 793 g/mol. The number of alkyl halides is 1. The van der Waals surface area contributed by atoms with Crippen LogP contribution in [0.15, 0.2) is 30.3 Å². The van der Waals surface area contributed by atoms with E-state index < -0.39 is 99.4 Å². The van der Waals surface area contributed by atoms with Crippen LogP contribution in [0.25, 0.3) is 0 Å². The number of esters is 4. The number of hydrogen-bond donors (Lipinski definition) is 2. The summed E-state index contributed by atoms with van der Waals surface area (Å²) in [6, 6.07) is 8.35. The van der Waals surface area contributed by atoms with Gasteiger partial charge < -0.3 is 43.4 Å². The molecule has 2 aliphatic heterocycles. The van der Waals surface area contributed by atoms with Crippen LogP contribution in [-0.4, -0.2) is 99.9 Å². The molecule has 0 bridgehead atoms. The number of ether oxygens (including phenoxy) is 7. The first-order valence-corrected chi connectivity index (χ1v) is 17.1.